The lowest BCUT2D eigenvalue weighted by Gasteiger charge is -2.13. The van der Waals surface area contributed by atoms with Gasteiger partial charge in [-0.25, -0.2) is 12.8 Å². The quantitative estimate of drug-likeness (QED) is 0.553. The summed E-state index contributed by atoms with van der Waals surface area (Å²) in [6.07, 6.45) is 2.59. The van der Waals surface area contributed by atoms with Gasteiger partial charge in [-0.3, -0.25) is 9.52 Å². The largest absolute Gasteiger partial charge is 0.323 e. The van der Waals surface area contributed by atoms with Crippen LogP contribution in [-0.4, -0.2) is 14.3 Å². The zero-order valence-corrected chi connectivity index (χ0v) is 17.3. The second-order valence-electron chi connectivity index (χ2n) is 6.74. The topological polar surface area (TPSA) is 75.3 Å². The van der Waals surface area contributed by atoms with Crippen LogP contribution < -0.4 is 10.0 Å². The fourth-order valence-corrected chi connectivity index (χ4v) is 4.05. The maximum absolute atomic E-state index is 13.6. The molecule has 0 saturated carbocycles. The number of anilines is 2. The zero-order chi connectivity index (χ0) is 21.7. The van der Waals surface area contributed by atoms with Gasteiger partial charge in [0.15, 0.2) is 0 Å². The zero-order valence-electron chi connectivity index (χ0n) is 16.5. The van der Waals surface area contributed by atoms with Gasteiger partial charge in [0, 0.05) is 17.3 Å². The van der Waals surface area contributed by atoms with Gasteiger partial charge < -0.3 is 5.32 Å². The number of sulfonamides is 1. The van der Waals surface area contributed by atoms with Gasteiger partial charge in [-0.1, -0.05) is 36.4 Å². The van der Waals surface area contributed by atoms with Crippen molar-refractivity contribution in [2.75, 3.05) is 10.0 Å². The van der Waals surface area contributed by atoms with Crippen molar-refractivity contribution >= 4 is 33.4 Å². The first-order chi connectivity index (χ1) is 14.3. The molecule has 0 fully saturated rings. The second kappa shape index (κ2) is 8.92. The molecule has 5 nitrogen and oxygen atoms in total. The molecule has 0 heterocycles. The van der Waals surface area contributed by atoms with Crippen LogP contribution in [0, 0.1) is 19.7 Å². The van der Waals surface area contributed by atoms with E-state index in [2.05, 4.69) is 10.0 Å². The minimum Gasteiger partial charge on any atom is -0.323 e. The van der Waals surface area contributed by atoms with Crippen LogP contribution in [0.3, 0.4) is 0 Å². The maximum atomic E-state index is 13.6. The molecule has 0 bridgehead atoms. The van der Waals surface area contributed by atoms with Gasteiger partial charge in [-0.2, -0.15) is 0 Å². The summed E-state index contributed by atoms with van der Waals surface area (Å²) >= 11 is 0. The predicted octanol–water partition coefficient (Wildman–Crippen LogP) is 4.90. The maximum Gasteiger partial charge on any atom is 0.261 e. The Balaban J connectivity index is 1.70. The van der Waals surface area contributed by atoms with Crippen LogP contribution in [0.5, 0.6) is 0 Å². The molecule has 0 atom stereocenters. The Morgan fingerprint density at radius 1 is 0.900 bits per heavy atom. The molecule has 0 aliphatic heterocycles. The van der Waals surface area contributed by atoms with Crippen LogP contribution >= 0.6 is 0 Å². The second-order valence-corrected chi connectivity index (χ2v) is 8.42. The Hall–Kier alpha value is -3.45. The molecule has 0 unspecified atom stereocenters. The summed E-state index contributed by atoms with van der Waals surface area (Å²) < 4.78 is 41.6. The Bertz CT molecular complexity index is 1180. The van der Waals surface area contributed by atoms with E-state index < -0.39 is 21.7 Å². The van der Waals surface area contributed by atoms with E-state index in [-0.39, 0.29) is 4.90 Å². The van der Waals surface area contributed by atoms with Crippen LogP contribution in [-0.2, 0) is 14.8 Å². The van der Waals surface area contributed by atoms with E-state index in [1.165, 1.54) is 42.5 Å². The average molecular weight is 424 g/mol. The van der Waals surface area contributed by atoms with Gasteiger partial charge in [0.05, 0.1) is 10.6 Å². The van der Waals surface area contributed by atoms with E-state index in [9.17, 15) is 17.6 Å². The Kier molecular flexibility index (Phi) is 6.32. The van der Waals surface area contributed by atoms with E-state index in [0.717, 1.165) is 11.1 Å². The summed E-state index contributed by atoms with van der Waals surface area (Å²) in [4.78, 5) is 12.1. The molecule has 0 spiro atoms. The molecule has 7 heteroatoms. The Labute approximate surface area is 175 Å². The van der Waals surface area contributed by atoms with Crippen molar-refractivity contribution in [3.63, 3.8) is 0 Å². The van der Waals surface area contributed by atoms with Crippen molar-refractivity contribution in [2.24, 2.45) is 0 Å². The van der Waals surface area contributed by atoms with Crippen LogP contribution in [0.2, 0.25) is 0 Å². The number of carbonyl (C=O) groups excluding carboxylic acids is 1. The van der Waals surface area contributed by atoms with Crippen LogP contribution in [0.1, 0.15) is 16.7 Å². The summed E-state index contributed by atoms with van der Waals surface area (Å²) in [5, 5.41) is 2.61. The number of carbonyl (C=O) groups is 1. The lowest BCUT2D eigenvalue weighted by Crippen LogP contribution is -2.15. The van der Waals surface area contributed by atoms with Crippen LogP contribution in [0.15, 0.2) is 77.7 Å². The smallest absolute Gasteiger partial charge is 0.261 e. The van der Waals surface area contributed by atoms with E-state index in [0.29, 0.717) is 16.9 Å². The molecular weight excluding hydrogens is 403 g/mol. The summed E-state index contributed by atoms with van der Waals surface area (Å²) in [5.74, 6) is -0.880. The predicted molar refractivity (Wildman–Crippen MR) is 117 cm³/mol. The van der Waals surface area contributed by atoms with E-state index in [1.54, 1.807) is 18.2 Å². The third-order valence-electron chi connectivity index (χ3n) is 4.47. The highest BCUT2D eigenvalue weighted by Gasteiger charge is 2.16. The molecular formula is C23H21FN2O3S. The lowest BCUT2D eigenvalue weighted by atomic mass is 10.1. The number of benzene rings is 3. The van der Waals surface area contributed by atoms with Crippen molar-refractivity contribution in [3.8, 4) is 0 Å². The highest BCUT2D eigenvalue weighted by atomic mass is 32.2. The summed E-state index contributed by atoms with van der Waals surface area (Å²) in [6.45, 7) is 3.66. The number of para-hydroxylation sites is 1. The number of hydrogen-bond acceptors (Lipinski definition) is 3. The highest BCUT2D eigenvalue weighted by molar-refractivity contribution is 7.92. The van der Waals surface area contributed by atoms with Gasteiger partial charge in [0.2, 0.25) is 5.91 Å². The molecule has 154 valence electrons. The molecule has 0 aromatic heterocycles. The molecule has 0 saturated heterocycles. The summed E-state index contributed by atoms with van der Waals surface area (Å²) in [7, 11) is -3.77. The van der Waals surface area contributed by atoms with E-state index in [1.807, 2.05) is 32.0 Å². The number of halogens is 1. The molecule has 2 N–H and O–H groups in total. The molecule has 0 aliphatic carbocycles. The lowest BCUT2D eigenvalue weighted by molar-refractivity contribution is -0.111. The number of rotatable bonds is 6. The number of hydrogen-bond donors (Lipinski definition) is 2. The SMILES string of the molecule is Cc1cccc(C)c1NS(=O)(=O)c1ccc(NC(=O)/C=C/c2ccccc2F)cc1. The van der Waals surface area contributed by atoms with E-state index >= 15 is 0 Å². The number of aryl methyl sites for hydroxylation is 2. The van der Waals surface area contributed by atoms with Crippen molar-refractivity contribution in [2.45, 2.75) is 18.7 Å². The van der Waals surface area contributed by atoms with Gasteiger partial charge in [-0.05, 0) is 61.4 Å². The first-order valence-corrected chi connectivity index (χ1v) is 10.7. The van der Waals surface area contributed by atoms with Crippen molar-refractivity contribution in [1.82, 2.24) is 0 Å². The van der Waals surface area contributed by atoms with Crippen molar-refractivity contribution < 1.29 is 17.6 Å². The summed E-state index contributed by atoms with van der Waals surface area (Å²) in [6, 6.07) is 17.4. The first kappa shape index (κ1) is 21.3. The first-order valence-electron chi connectivity index (χ1n) is 9.19. The molecule has 1 amide bonds. The molecule has 3 aromatic carbocycles. The normalized spacial score (nSPS) is 11.4. The molecule has 3 rings (SSSR count). The Morgan fingerprint density at radius 3 is 2.17 bits per heavy atom. The molecule has 0 aliphatic rings. The number of amides is 1. The van der Waals surface area contributed by atoms with Crippen molar-refractivity contribution in [3.05, 3.63) is 95.3 Å². The molecule has 3 aromatic rings. The Morgan fingerprint density at radius 2 is 1.53 bits per heavy atom. The van der Waals surface area contributed by atoms with Crippen molar-refractivity contribution in [1.29, 1.82) is 0 Å². The summed E-state index contributed by atoms with van der Waals surface area (Å²) in [5.41, 5.74) is 2.91. The van der Waals surface area contributed by atoms with Crippen LogP contribution in [0.4, 0.5) is 15.8 Å². The third kappa shape index (κ3) is 5.12. The van der Waals surface area contributed by atoms with Gasteiger partial charge in [0.25, 0.3) is 10.0 Å². The fraction of sp³-hybridized carbons (Fsp3) is 0.0870. The van der Waals surface area contributed by atoms with Gasteiger partial charge in [-0.15, -0.1) is 0 Å². The molecule has 0 radical (unpaired) electrons. The highest BCUT2D eigenvalue weighted by Crippen LogP contribution is 2.24. The fourth-order valence-electron chi connectivity index (χ4n) is 2.85. The number of nitrogens with one attached hydrogen (secondary N) is 2. The average Bonchev–Trinajstić information content (AvgIpc) is 2.71. The minimum atomic E-state index is -3.77. The minimum absolute atomic E-state index is 0.0741. The van der Waals surface area contributed by atoms with Crippen LogP contribution in [0.25, 0.3) is 6.08 Å². The van der Waals surface area contributed by atoms with Gasteiger partial charge in [0.1, 0.15) is 5.82 Å². The van der Waals surface area contributed by atoms with Gasteiger partial charge >= 0.3 is 0 Å². The third-order valence-corrected chi connectivity index (χ3v) is 5.83. The monoisotopic (exact) mass is 424 g/mol. The standard InChI is InChI=1S/C23H21FN2O3S/c1-16-6-5-7-17(2)23(16)26-30(28,29)20-13-11-19(12-14-20)25-22(27)15-10-18-8-3-4-9-21(18)24/h3-15,26H,1-2H3,(H,25,27)/b15-10+. The van der Waals surface area contributed by atoms with E-state index in [4.69, 9.17) is 0 Å². The molecule has 30 heavy (non-hydrogen) atoms.